The maximum absolute atomic E-state index is 12.8. The van der Waals surface area contributed by atoms with Gasteiger partial charge in [-0.2, -0.15) is 18.3 Å². The number of nitrogens with zero attached hydrogens (tertiary/aromatic N) is 1. The topological polar surface area (TPSA) is 24.4 Å². The van der Waals surface area contributed by atoms with Crippen LogP contribution in [0.4, 0.5) is 18.9 Å². The summed E-state index contributed by atoms with van der Waals surface area (Å²) < 4.78 is 38.3. The normalized spacial score (nSPS) is 11.9. The first kappa shape index (κ1) is 15.7. The molecule has 0 fully saturated rings. The molecule has 21 heavy (non-hydrogen) atoms. The molecule has 0 aliphatic rings. The molecule has 0 aliphatic heterocycles. The van der Waals surface area contributed by atoms with E-state index in [1.807, 2.05) is 0 Å². The van der Waals surface area contributed by atoms with E-state index >= 15 is 0 Å². The number of rotatable bonds is 3. The Morgan fingerprint density at radius 2 is 1.71 bits per heavy atom. The predicted molar refractivity (Wildman–Crippen MR) is 79.1 cm³/mol. The van der Waals surface area contributed by atoms with E-state index in [-0.39, 0.29) is 5.69 Å². The lowest BCUT2D eigenvalue weighted by atomic mass is 10.2. The Morgan fingerprint density at radius 1 is 1.00 bits per heavy atom. The molecule has 7 heteroatoms. The van der Waals surface area contributed by atoms with Crippen LogP contribution < -0.4 is 5.43 Å². The number of alkyl halides is 3. The van der Waals surface area contributed by atoms with Crippen molar-refractivity contribution in [1.29, 1.82) is 0 Å². The lowest BCUT2D eigenvalue weighted by Crippen LogP contribution is -2.08. The summed E-state index contributed by atoms with van der Waals surface area (Å²) in [5.74, 6) is 0. The minimum absolute atomic E-state index is 0.124. The fourth-order valence-electron chi connectivity index (χ4n) is 1.60. The van der Waals surface area contributed by atoms with Crippen molar-refractivity contribution in [1.82, 2.24) is 0 Å². The molecule has 0 saturated carbocycles. The van der Waals surface area contributed by atoms with Crippen LogP contribution in [0.2, 0.25) is 10.0 Å². The van der Waals surface area contributed by atoms with E-state index < -0.39 is 11.7 Å². The number of nitrogens with one attached hydrogen (secondary N) is 1. The first-order chi connectivity index (χ1) is 9.88. The molecule has 2 nitrogen and oxygen atoms in total. The second-order valence-corrected chi connectivity index (χ2v) is 4.90. The fraction of sp³-hybridized carbons (Fsp3) is 0.0714. The first-order valence-corrected chi connectivity index (χ1v) is 6.54. The largest absolute Gasteiger partial charge is 0.418 e. The van der Waals surface area contributed by atoms with Gasteiger partial charge in [-0.15, -0.1) is 0 Å². The zero-order valence-electron chi connectivity index (χ0n) is 10.5. The number of hydrogen-bond acceptors (Lipinski definition) is 2. The second-order valence-electron chi connectivity index (χ2n) is 4.09. The maximum Gasteiger partial charge on any atom is 0.418 e. The second kappa shape index (κ2) is 6.37. The smallest absolute Gasteiger partial charge is 0.278 e. The number of hydrazone groups is 1. The standard InChI is InChI=1S/C14H9Cl2F3N2/c15-11-6-5-9(7-12(11)16)8-20-21-13-4-2-1-3-10(13)14(17,18)19/h1-8,21H/b20-8+. The highest BCUT2D eigenvalue weighted by molar-refractivity contribution is 6.42. The summed E-state index contributed by atoms with van der Waals surface area (Å²) in [5.41, 5.74) is 2.08. The van der Waals surface area contributed by atoms with Gasteiger partial charge in [-0.25, -0.2) is 0 Å². The van der Waals surface area contributed by atoms with Gasteiger partial charge in [0, 0.05) is 0 Å². The summed E-state index contributed by atoms with van der Waals surface area (Å²) in [4.78, 5) is 0. The molecular formula is C14H9Cl2F3N2. The summed E-state index contributed by atoms with van der Waals surface area (Å²) in [5, 5.41) is 4.52. The third-order valence-electron chi connectivity index (χ3n) is 2.57. The van der Waals surface area contributed by atoms with Crippen LogP contribution in [-0.2, 0) is 6.18 Å². The van der Waals surface area contributed by atoms with Crippen LogP contribution in [-0.4, -0.2) is 6.21 Å². The third-order valence-corrected chi connectivity index (χ3v) is 3.31. The molecule has 0 amide bonds. The average Bonchev–Trinajstić information content (AvgIpc) is 2.42. The summed E-state index contributed by atoms with van der Waals surface area (Å²) in [7, 11) is 0. The van der Waals surface area contributed by atoms with Crippen LogP contribution >= 0.6 is 23.2 Å². The number of benzene rings is 2. The molecular weight excluding hydrogens is 324 g/mol. The van der Waals surface area contributed by atoms with Crippen LogP contribution in [0.1, 0.15) is 11.1 Å². The van der Waals surface area contributed by atoms with Gasteiger partial charge < -0.3 is 0 Å². The molecule has 0 aromatic heterocycles. The summed E-state index contributed by atoms with van der Waals surface area (Å²) in [6.07, 6.45) is -3.09. The Balaban J connectivity index is 2.16. The van der Waals surface area contributed by atoms with Gasteiger partial charge >= 0.3 is 6.18 Å². The van der Waals surface area contributed by atoms with Crippen molar-refractivity contribution in [2.45, 2.75) is 6.18 Å². The Hall–Kier alpha value is -1.72. The predicted octanol–water partition coefficient (Wildman–Crippen LogP) is 5.46. The van der Waals surface area contributed by atoms with Gasteiger partial charge in [-0.1, -0.05) is 41.4 Å². The van der Waals surface area contributed by atoms with Crippen LogP contribution in [0.25, 0.3) is 0 Å². The molecule has 0 saturated heterocycles. The van der Waals surface area contributed by atoms with Crippen LogP contribution in [0.5, 0.6) is 0 Å². The molecule has 0 atom stereocenters. The van der Waals surface area contributed by atoms with E-state index in [4.69, 9.17) is 23.2 Å². The minimum atomic E-state index is -4.44. The van der Waals surface area contributed by atoms with Crippen molar-refractivity contribution >= 4 is 35.1 Å². The Kier molecular flexibility index (Phi) is 4.75. The van der Waals surface area contributed by atoms with Gasteiger partial charge in [0.2, 0.25) is 0 Å². The number of hydrogen-bond donors (Lipinski definition) is 1. The van der Waals surface area contributed by atoms with Crippen LogP contribution in [0.3, 0.4) is 0 Å². The highest BCUT2D eigenvalue weighted by Crippen LogP contribution is 2.34. The summed E-state index contributed by atoms with van der Waals surface area (Å²) in [6, 6.07) is 9.88. The van der Waals surface area contributed by atoms with Crippen LogP contribution in [0.15, 0.2) is 47.6 Å². The lowest BCUT2D eigenvalue weighted by molar-refractivity contribution is -0.136. The molecule has 0 radical (unpaired) electrons. The monoisotopic (exact) mass is 332 g/mol. The molecule has 0 aliphatic carbocycles. The van der Waals surface area contributed by atoms with E-state index in [1.165, 1.54) is 24.4 Å². The zero-order chi connectivity index (χ0) is 15.5. The third kappa shape index (κ3) is 4.12. The zero-order valence-corrected chi connectivity index (χ0v) is 12.0. The highest BCUT2D eigenvalue weighted by atomic mass is 35.5. The average molecular weight is 333 g/mol. The SMILES string of the molecule is FC(F)(F)c1ccccc1N/N=C/c1ccc(Cl)c(Cl)c1. The van der Waals surface area contributed by atoms with E-state index in [0.29, 0.717) is 15.6 Å². The maximum atomic E-state index is 12.8. The highest BCUT2D eigenvalue weighted by Gasteiger charge is 2.33. The summed E-state index contributed by atoms with van der Waals surface area (Å²) in [6.45, 7) is 0. The molecule has 110 valence electrons. The quantitative estimate of drug-likeness (QED) is 0.585. The molecule has 1 N–H and O–H groups in total. The van der Waals surface area contributed by atoms with Crippen molar-refractivity contribution in [2.75, 3.05) is 5.43 Å². The molecule has 2 rings (SSSR count). The van der Waals surface area contributed by atoms with Gasteiger partial charge in [0.15, 0.2) is 0 Å². The van der Waals surface area contributed by atoms with Gasteiger partial charge in [-0.05, 0) is 29.8 Å². The van der Waals surface area contributed by atoms with Crippen molar-refractivity contribution in [3.63, 3.8) is 0 Å². The van der Waals surface area contributed by atoms with E-state index in [9.17, 15) is 13.2 Å². The Labute approximate surface area is 129 Å². The Morgan fingerprint density at radius 3 is 2.38 bits per heavy atom. The number of para-hydroxylation sites is 1. The van der Waals surface area contributed by atoms with Crippen molar-refractivity contribution in [2.24, 2.45) is 5.10 Å². The van der Waals surface area contributed by atoms with E-state index in [0.717, 1.165) is 6.07 Å². The van der Waals surface area contributed by atoms with Crippen molar-refractivity contribution in [3.8, 4) is 0 Å². The lowest BCUT2D eigenvalue weighted by Gasteiger charge is -2.11. The molecule has 2 aromatic rings. The summed E-state index contributed by atoms with van der Waals surface area (Å²) >= 11 is 11.6. The fourth-order valence-corrected chi connectivity index (χ4v) is 1.90. The molecule has 0 spiro atoms. The molecule has 0 heterocycles. The van der Waals surface area contributed by atoms with Gasteiger partial charge in [-0.3, -0.25) is 5.43 Å². The van der Waals surface area contributed by atoms with E-state index in [2.05, 4.69) is 10.5 Å². The minimum Gasteiger partial charge on any atom is -0.278 e. The van der Waals surface area contributed by atoms with Gasteiger partial charge in [0.05, 0.1) is 27.5 Å². The first-order valence-electron chi connectivity index (χ1n) is 5.78. The van der Waals surface area contributed by atoms with Gasteiger partial charge in [0.1, 0.15) is 0 Å². The number of halogens is 5. The van der Waals surface area contributed by atoms with Gasteiger partial charge in [0.25, 0.3) is 0 Å². The van der Waals surface area contributed by atoms with Crippen molar-refractivity contribution < 1.29 is 13.2 Å². The molecule has 2 aromatic carbocycles. The molecule has 0 bridgehead atoms. The van der Waals surface area contributed by atoms with Crippen LogP contribution in [0, 0.1) is 0 Å². The Bertz CT molecular complexity index is 670. The number of anilines is 1. The molecule has 0 unspecified atom stereocenters. The van der Waals surface area contributed by atoms with E-state index in [1.54, 1.807) is 18.2 Å². The van der Waals surface area contributed by atoms with Crippen molar-refractivity contribution in [3.05, 3.63) is 63.6 Å².